The van der Waals surface area contributed by atoms with Crippen LogP contribution < -0.4 is 11.1 Å². The molecule has 0 aromatic carbocycles. The maximum absolute atomic E-state index is 11.1. The second-order valence-electron chi connectivity index (χ2n) is 4.77. The Balaban J connectivity index is 1.98. The highest BCUT2D eigenvalue weighted by molar-refractivity contribution is 6.29. The zero-order valence-corrected chi connectivity index (χ0v) is 11.2. The first-order valence-electron chi connectivity index (χ1n) is 6.22. The molecule has 0 saturated heterocycles. The standard InChI is InChI=1S/C13H15ClN4O/c14-11-5-8(7-15)6-12(18-11)17-10-3-1-9(2-4-10)13(16)19/h5-6,9-10H,1-4H2,(H2,16,19)(H,17,18). The van der Waals surface area contributed by atoms with Crippen LogP contribution >= 0.6 is 11.6 Å². The summed E-state index contributed by atoms with van der Waals surface area (Å²) in [6.45, 7) is 0. The van der Waals surface area contributed by atoms with Crippen molar-refractivity contribution >= 4 is 23.3 Å². The number of rotatable bonds is 3. The summed E-state index contributed by atoms with van der Waals surface area (Å²) >= 11 is 5.85. The van der Waals surface area contributed by atoms with Crippen molar-refractivity contribution in [1.82, 2.24) is 4.98 Å². The third-order valence-corrected chi connectivity index (χ3v) is 3.60. The molecule has 100 valence electrons. The molecular weight excluding hydrogens is 264 g/mol. The fourth-order valence-corrected chi connectivity index (χ4v) is 2.58. The molecule has 19 heavy (non-hydrogen) atoms. The van der Waals surface area contributed by atoms with E-state index in [1.165, 1.54) is 6.07 Å². The molecule has 1 amide bonds. The smallest absolute Gasteiger partial charge is 0.220 e. The summed E-state index contributed by atoms with van der Waals surface area (Å²) in [4.78, 5) is 15.2. The minimum Gasteiger partial charge on any atom is -0.369 e. The normalized spacial score (nSPS) is 22.5. The number of primary amides is 1. The van der Waals surface area contributed by atoms with E-state index in [0.29, 0.717) is 16.5 Å². The summed E-state index contributed by atoms with van der Waals surface area (Å²) in [6.07, 6.45) is 3.31. The molecule has 1 aliphatic rings. The topological polar surface area (TPSA) is 91.8 Å². The van der Waals surface area contributed by atoms with Gasteiger partial charge in [-0.25, -0.2) is 4.98 Å². The lowest BCUT2D eigenvalue weighted by atomic mass is 9.85. The van der Waals surface area contributed by atoms with Crippen molar-refractivity contribution in [2.75, 3.05) is 5.32 Å². The number of pyridine rings is 1. The minimum absolute atomic E-state index is 0.0139. The lowest BCUT2D eigenvalue weighted by Crippen LogP contribution is -2.32. The van der Waals surface area contributed by atoms with Gasteiger partial charge in [-0.2, -0.15) is 5.26 Å². The highest BCUT2D eigenvalue weighted by Gasteiger charge is 2.24. The largest absolute Gasteiger partial charge is 0.369 e. The number of carbonyl (C=O) groups excluding carboxylic acids is 1. The molecular formula is C13H15ClN4O. The lowest BCUT2D eigenvalue weighted by molar-refractivity contribution is -0.122. The summed E-state index contributed by atoms with van der Waals surface area (Å²) in [5.74, 6) is 0.373. The van der Waals surface area contributed by atoms with Crippen LogP contribution in [0.5, 0.6) is 0 Å². The number of amides is 1. The Hall–Kier alpha value is -1.80. The van der Waals surface area contributed by atoms with Gasteiger partial charge in [-0.15, -0.1) is 0 Å². The molecule has 1 fully saturated rings. The highest BCUT2D eigenvalue weighted by atomic mass is 35.5. The van der Waals surface area contributed by atoms with Crippen molar-refractivity contribution in [1.29, 1.82) is 5.26 Å². The van der Waals surface area contributed by atoms with Gasteiger partial charge in [-0.05, 0) is 37.8 Å². The van der Waals surface area contributed by atoms with Crippen molar-refractivity contribution in [2.24, 2.45) is 11.7 Å². The van der Waals surface area contributed by atoms with Gasteiger partial charge in [0, 0.05) is 12.0 Å². The van der Waals surface area contributed by atoms with Crippen molar-refractivity contribution in [3.63, 3.8) is 0 Å². The summed E-state index contributed by atoms with van der Waals surface area (Å²) in [5, 5.41) is 12.4. The molecule has 0 atom stereocenters. The molecule has 6 heteroatoms. The zero-order chi connectivity index (χ0) is 13.8. The molecule has 1 aromatic rings. The van der Waals surface area contributed by atoms with E-state index in [0.717, 1.165) is 25.7 Å². The molecule has 0 bridgehead atoms. The number of halogens is 1. The van der Waals surface area contributed by atoms with Crippen LogP contribution in [0, 0.1) is 17.2 Å². The van der Waals surface area contributed by atoms with Crippen LogP contribution in [0.3, 0.4) is 0 Å². The van der Waals surface area contributed by atoms with Crippen LogP contribution in [0.1, 0.15) is 31.2 Å². The van der Waals surface area contributed by atoms with Gasteiger partial charge < -0.3 is 11.1 Å². The Labute approximate surface area is 116 Å². The minimum atomic E-state index is -0.217. The quantitative estimate of drug-likeness (QED) is 0.828. The van der Waals surface area contributed by atoms with E-state index in [1.807, 2.05) is 6.07 Å². The molecule has 0 radical (unpaired) electrons. The van der Waals surface area contributed by atoms with Crippen LogP contribution in [-0.2, 0) is 4.79 Å². The van der Waals surface area contributed by atoms with Gasteiger partial charge in [0.05, 0.1) is 11.6 Å². The number of nitriles is 1. The summed E-state index contributed by atoms with van der Waals surface area (Å²) in [5.41, 5.74) is 5.78. The van der Waals surface area contributed by atoms with E-state index >= 15 is 0 Å². The Kier molecular flexibility index (Phi) is 4.23. The molecule has 3 N–H and O–H groups in total. The van der Waals surface area contributed by atoms with Gasteiger partial charge in [0.1, 0.15) is 11.0 Å². The molecule has 1 aromatic heterocycles. The summed E-state index contributed by atoms with van der Waals surface area (Å²) in [6, 6.07) is 5.48. The van der Waals surface area contributed by atoms with E-state index in [-0.39, 0.29) is 17.9 Å². The van der Waals surface area contributed by atoms with E-state index < -0.39 is 0 Å². The molecule has 0 aliphatic heterocycles. The summed E-state index contributed by atoms with van der Waals surface area (Å²) in [7, 11) is 0. The molecule has 1 heterocycles. The third kappa shape index (κ3) is 3.58. The average Bonchev–Trinajstić information content (AvgIpc) is 2.38. The van der Waals surface area contributed by atoms with E-state index in [4.69, 9.17) is 22.6 Å². The first-order chi connectivity index (χ1) is 9.08. The molecule has 0 spiro atoms. The Bertz CT molecular complexity index is 518. The number of hydrogen-bond acceptors (Lipinski definition) is 4. The zero-order valence-electron chi connectivity index (χ0n) is 10.4. The molecule has 2 rings (SSSR count). The Morgan fingerprint density at radius 2 is 2.11 bits per heavy atom. The number of nitrogens with zero attached hydrogens (tertiary/aromatic N) is 2. The number of aromatic nitrogens is 1. The van der Waals surface area contributed by atoms with E-state index in [1.54, 1.807) is 6.07 Å². The first kappa shape index (κ1) is 13.6. The number of hydrogen-bond donors (Lipinski definition) is 2. The highest BCUT2D eigenvalue weighted by Crippen LogP contribution is 2.26. The Morgan fingerprint density at radius 3 is 2.68 bits per heavy atom. The molecule has 5 nitrogen and oxygen atoms in total. The maximum Gasteiger partial charge on any atom is 0.220 e. The number of nitrogens with two attached hydrogens (primary N) is 1. The molecule has 1 aliphatic carbocycles. The maximum atomic E-state index is 11.1. The van der Waals surface area contributed by atoms with Gasteiger partial charge in [0.25, 0.3) is 0 Å². The van der Waals surface area contributed by atoms with Crippen LogP contribution in [-0.4, -0.2) is 16.9 Å². The van der Waals surface area contributed by atoms with E-state index in [2.05, 4.69) is 10.3 Å². The van der Waals surface area contributed by atoms with Crippen LogP contribution in [0.4, 0.5) is 5.82 Å². The van der Waals surface area contributed by atoms with Gasteiger partial charge >= 0.3 is 0 Å². The van der Waals surface area contributed by atoms with Gasteiger partial charge in [0.15, 0.2) is 0 Å². The van der Waals surface area contributed by atoms with Gasteiger partial charge in [-0.1, -0.05) is 11.6 Å². The summed E-state index contributed by atoms with van der Waals surface area (Å²) < 4.78 is 0. The average molecular weight is 279 g/mol. The molecule has 0 unspecified atom stereocenters. The third-order valence-electron chi connectivity index (χ3n) is 3.40. The monoisotopic (exact) mass is 278 g/mol. The fraction of sp³-hybridized carbons (Fsp3) is 0.462. The number of anilines is 1. The van der Waals surface area contributed by atoms with Crippen LogP contribution in [0.2, 0.25) is 5.15 Å². The lowest BCUT2D eigenvalue weighted by Gasteiger charge is -2.27. The van der Waals surface area contributed by atoms with Crippen LogP contribution in [0.15, 0.2) is 12.1 Å². The predicted molar refractivity (Wildman–Crippen MR) is 72.5 cm³/mol. The van der Waals surface area contributed by atoms with Gasteiger partial charge in [-0.3, -0.25) is 4.79 Å². The number of carbonyl (C=O) groups is 1. The second kappa shape index (κ2) is 5.89. The first-order valence-corrected chi connectivity index (χ1v) is 6.60. The van der Waals surface area contributed by atoms with E-state index in [9.17, 15) is 4.79 Å². The van der Waals surface area contributed by atoms with Gasteiger partial charge in [0.2, 0.25) is 5.91 Å². The van der Waals surface area contributed by atoms with Crippen molar-refractivity contribution < 1.29 is 4.79 Å². The van der Waals surface area contributed by atoms with Crippen molar-refractivity contribution in [3.8, 4) is 6.07 Å². The second-order valence-corrected chi connectivity index (χ2v) is 5.16. The van der Waals surface area contributed by atoms with Crippen molar-refractivity contribution in [3.05, 3.63) is 22.8 Å². The molecule has 1 saturated carbocycles. The number of nitrogens with one attached hydrogen (secondary N) is 1. The Morgan fingerprint density at radius 1 is 1.42 bits per heavy atom. The predicted octanol–water partition coefficient (Wildman–Crippen LogP) is 2.06. The van der Waals surface area contributed by atoms with Crippen LogP contribution in [0.25, 0.3) is 0 Å². The SMILES string of the molecule is N#Cc1cc(Cl)nc(NC2CCC(C(N)=O)CC2)c1. The van der Waals surface area contributed by atoms with Crippen molar-refractivity contribution in [2.45, 2.75) is 31.7 Å². The fourth-order valence-electron chi connectivity index (χ4n) is 2.37.